The smallest absolute Gasteiger partial charge is 0.0626 e. The van der Waals surface area contributed by atoms with Crippen LogP contribution in [0.4, 0.5) is 0 Å². The summed E-state index contributed by atoms with van der Waals surface area (Å²) in [6, 6.07) is 0. The molecular formula is C10H15IN2O. The highest BCUT2D eigenvalue weighted by atomic mass is 127. The van der Waals surface area contributed by atoms with E-state index in [1.165, 1.54) is 22.1 Å². The molecule has 1 aromatic rings. The molecule has 78 valence electrons. The Labute approximate surface area is 98.0 Å². The minimum atomic E-state index is 0.785. The summed E-state index contributed by atoms with van der Waals surface area (Å²) in [6.45, 7) is 1.86. The van der Waals surface area contributed by atoms with Gasteiger partial charge in [-0.25, -0.2) is 0 Å². The van der Waals surface area contributed by atoms with E-state index in [0.717, 1.165) is 25.6 Å². The number of hydrogen-bond donors (Lipinski definition) is 0. The highest BCUT2D eigenvalue weighted by molar-refractivity contribution is 14.1. The monoisotopic (exact) mass is 306 g/mol. The van der Waals surface area contributed by atoms with Crippen LogP contribution < -0.4 is 0 Å². The molecule has 4 heteroatoms. The molecule has 1 aliphatic heterocycles. The fraction of sp³-hybridized carbons (Fsp3) is 0.700. The molecule has 1 saturated heterocycles. The van der Waals surface area contributed by atoms with E-state index in [0.29, 0.717) is 0 Å². The summed E-state index contributed by atoms with van der Waals surface area (Å²) in [5.74, 6) is 0.785. The Balaban J connectivity index is 2.02. The fourth-order valence-corrected chi connectivity index (χ4v) is 2.58. The number of halogens is 1. The van der Waals surface area contributed by atoms with Gasteiger partial charge in [-0.15, -0.1) is 0 Å². The van der Waals surface area contributed by atoms with Gasteiger partial charge in [0.2, 0.25) is 0 Å². The third kappa shape index (κ3) is 2.28. The largest absolute Gasteiger partial charge is 0.381 e. The summed E-state index contributed by atoms with van der Waals surface area (Å²) in [4.78, 5) is 0. The van der Waals surface area contributed by atoms with Crippen molar-refractivity contribution in [3.63, 3.8) is 0 Å². The molecule has 0 aliphatic carbocycles. The van der Waals surface area contributed by atoms with Crippen LogP contribution in [-0.2, 0) is 18.2 Å². The van der Waals surface area contributed by atoms with Gasteiger partial charge in [-0.1, -0.05) is 0 Å². The predicted molar refractivity (Wildman–Crippen MR) is 63.2 cm³/mol. The zero-order valence-corrected chi connectivity index (χ0v) is 10.5. The van der Waals surface area contributed by atoms with Gasteiger partial charge in [0.05, 0.1) is 15.5 Å². The van der Waals surface area contributed by atoms with Gasteiger partial charge in [0.25, 0.3) is 0 Å². The maximum absolute atomic E-state index is 5.36. The van der Waals surface area contributed by atoms with Crippen molar-refractivity contribution in [2.75, 3.05) is 13.2 Å². The molecule has 0 unspecified atom stereocenters. The van der Waals surface area contributed by atoms with Gasteiger partial charge in [-0.05, 0) is 47.8 Å². The Morgan fingerprint density at radius 1 is 1.57 bits per heavy atom. The van der Waals surface area contributed by atoms with Crippen LogP contribution in [0.1, 0.15) is 18.5 Å². The van der Waals surface area contributed by atoms with E-state index in [4.69, 9.17) is 4.74 Å². The maximum atomic E-state index is 5.36. The van der Waals surface area contributed by atoms with Gasteiger partial charge < -0.3 is 4.74 Å². The quantitative estimate of drug-likeness (QED) is 0.782. The van der Waals surface area contributed by atoms with Gasteiger partial charge in [0.1, 0.15) is 0 Å². The van der Waals surface area contributed by atoms with Gasteiger partial charge in [0, 0.05) is 20.3 Å². The second-order valence-corrected chi connectivity index (χ2v) is 4.98. The van der Waals surface area contributed by atoms with Crippen molar-refractivity contribution in [2.45, 2.75) is 19.3 Å². The zero-order valence-electron chi connectivity index (χ0n) is 8.37. The molecule has 0 radical (unpaired) electrons. The molecule has 2 heterocycles. The minimum absolute atomic E-state index is 0.785. The van der Waals surface area contributed by atoms with Crippen LogP contribution in [-0.4, -0.2) is 23.0 Å². The minimum Gasteiger partial charge on any atom is -0.381 e. The number of hydrogen-bond acceptors (Lipinski definition) is 2. The third-order valence-electron chi connectivity index (χ3n) is 2.83. The van der Waals surface area contributed by atoms with E-state index in [1.54, 1.807) is 0 Å². The number of aromatic nitrogens is 2. The lowest BCUT2D eigenvalue weighted by Crippen LogP contribution is -2.19. The second-order valence-electron chi connectivity index (χ2n) is 3.82. The van der Waals surface area contributed by atoms with E-state index >= 15 is 0 Å². The van der Waals surface area contributed by atoms with Gasteiger partial charge in [-0.3, -0.25) is 4.68 Å². The van der Waals surface area contributed by atoms with Crippen molar-refractivity contribution < 1.29 is 4.74 Å². The number of aryl methyl sites for hydroxylation is 1. The van der Waals surface area contributed by atoms with Crippen molar-refractivity contribution in [3.8, 4) is 0 Å². The van der Waals surface area contributed by atoms with E-state index in [2.05, 4.69) is 27.7 Å². The standard InChI is InChI=1S/C10H15IN2O/c1-13-10(9(11)7-12-13)6-8-2-4-14-5-3-8/h7-8H,2-6H2,1H3. The van der Waals surface area contributed by atoms with Crippen molar-refractivity contribution in [3.05, 3.63) is 15.5 Å². The molecule has 0 saturated carbocycles. The third-order valence-corrected chi connectivity index (χ3v) is 3.73. The first-order chi connectivity index (χ1) is 6.77. The Bertz CT molecular complexity index is 286. The van der Waals surface area contributed by atoms with Crippen LogP contribution >= 0.6 is 22.6 Å². The molecule has 0 bridgehead atoms. The van der Waals surface area contributed by atoms with Crippen LogP contribution in [0.15, 0.2) is 6.20 Å². The van der Waals surface area contributed by atoms with Crippen LogP contribution in [0.25, 0.3) is 0 Å². The molecule has 0 N–H and O–H groups in total. The Morgan fingerprint density at radius 2 is 2.29 bits per heavy atom. The average molecular weight is 306 g/mol. The van der Waals surface area contributed by atoms with E-state index in [-0.39, 0.29) is 0 Å². The Morgan fingerprint density at radius 3 is 2.86 bits per heavy atom. The Hall–Kier alpha value is -0.100. The molecule has 1 aromatic heterocycles. The van der Waals surface area contributed by atoms with Crippen LogP contribution in [0, 0.1) is 9.49 Å². The molecule has 3 nitrogen and oxygen atoms in total. The molecule has 1 fully saturated rings. The first-order valence-electron chi connectivity index (χ1n) is 5.01. The Kier molecular flexibility index (Phi) is 3.43. The number of nitrogens with zero attached hydrogens (tertiary/aromatic N) is 2. The molecule has 1 aliphatic rings. The van der Waals surface area contributed by atoms with Gasteiger partial charge in [-0.2, -0.15) is 5.10 Å². The SMILES string of the molecule is Cn1ncc(I)c1CC1CCOCC1. The zero-order chi connectivity index (χ0) is 9.97. The summed E-state index contributed by atoms with van der Waals surface area (Å²) >= 11 is 2.36. The number of rotatable bonds is 2. The van der Waals surface area contributed by atoms with Crippen LogP contribution in [0.2, 0.25) is 0 Å². The highest BCUT2D eigenvalue weighted by Crippen LogP contribution is 2.22. The average Bonchev–Trinajstić information content (AvgIpc) is 2.51. The van der Waals surface area contributed by atoms with Gasteiger partial charge >= 0.3 is 0 Å². The fourth-order valence-electron chi connectivity index (χ4n) is 1.89. The van der Waals surface area contributed by atoms with E-state index in [1.807, 2.05) is 17.9 Å². The van der Waals surface area contributed by atoms with Crippen molar-refractivity contribution in [2.24, 2.45) is 13.0 Å². The maximum Gasteiger partial charge on any atom is 0.0626 e. The lowest BCUT2D eigenvalue weighted by Gasteiger charge is -2.22. The van der Waals surface area contributed by atoms with Crippen LogP contribution in [0.3, 0.4) is 0 Å². The summed E-state index contributed by atoms with van der Waals surface area (Å²) in [6.07, 6.45) is 5.48. The lowest BCUT2D eigenvalue weighted by molar-refractivity contribution is 0.0659. The van der Waals surface area contributed by atoms with Gasteiger partial charge in [0.15, 0.2) is 0 Å². The highest BCUT2D eigenvalue weighted by Gasteiger charge is 2.17. The molecule has 0 aromatic carbocycles. The summed E-state index contributed by atoms with van der Waals surface area (Å²) in [5, 5.41) is 4.26. The summed E-state index contributed by atoms with van der Waals surface area (Å²) in [5.41, 5.74) is 1.37. The molecule has 0 amide bonds. The molecule has 14 heavy (non-hydrogen) atoms. The lowest BCUT2D eigenvalue weighted by atomic mass is 9.95. The second kappa shape index (κ2) is 4.61. The van der Waals surface area contributed by atoms with Crippen molar-refractivity contribution in [1.82, 2.24) is 9.78 Å². The van der Waals surface area contributed by atoms with E-state index < -0.39 is 0 Å². The van der Waals surface area contributed by atoms with E-state index in [9.17, 15) is 0 Å². The topological polar surface area (TPSA) is 27.1 Å². The molecule has 0 spiro atoms. The number of ether oxygens (including phenoxy) is 1. The summed E-state index contributed by atoms with van der Waals surface area (Å²) in [7, 11) is 2.02. The van der Waals surface area contributed by atoms with Crippen molar-refractivity contribution >= 4 is 22.6 Å². The van der Waals surface area contributed by atoms with Crippen LogP contribution in [0.5, 0.6) is 0 Å². The molecule has 2 rings (SSSR count). The summed E-state index contributed by atoms with van der Waals surface area (Å²) < 4.78 is 8.64. The first kappa shape index (κ1) is 10.4. The van der Waals surface area contributed by atoms with Crippen molar-refractivity contribution in [1.29, 1.82) is 0 Å². The first-order valence-corrected chi connectivity index (χ1v) is 6.09. The predicted octanol–water partition coefficient (Wildman–Crippen LogP) is 1.99. The molecular weight excluding hydrogens is 291 g/mol. The normalized spacial score (nSPS) is 18.7. The molecule has 0 atom stereocenters.